The molecule has 1 fully saturated rings. The first-order chi connectivity index (χ1) is 13.6. The van der Waals surface area contributed by atoms with Crippen molar-refractivity contribution in [2.75, 3.05) is 20.7 Å². The number of hydrogen-bond acceptors (Lipinski definition) is 3. The van der Waals surface area contributed by atoms with E-state index in [2.05, 4.69) is 59.4 Å². The van der Waals surface area contributed by atoms with E-state index in [0.717, 1.165) is 31.6 Å². The molecule has 2 bridgehead atoms. The van der Waals surface area contributed by atoms with E-state index in [4.69, 9.17) is 4.74 Å². The second-order valence-corrected chi connectivity index (χ2v) is 8.96. The van der Waals surface area contributed by atoms with Gasteiger partial charge in [0.15, 0.2) is 0 Å². The van der Waals surface area contributed by atoms with Gasteiger partial charge < -0.3 is 19.7 Å². The van der Waals surface area contributed by atoms with Gasteiger partial charge in [0.25, 0.3) is 0 Å². The fourth-order valence-electron chi connectivity index (χ4n) is 6.43. The Labute approximate surface area is 165 Å². The Hall–Kier alpha value is -2.30. The normalized spacial score (nSPS) is 31.2. The van der Waals surface area contributed by atoms with Crippen molar-refractivity contribution >= 4 is 10.9 Å². The van der Waals surface area contributed by atoms with Gasteiger partial charge >= 0.3 is 0 Å². The number of benzene rings is 2. The minimum absolute atomic E-state index is 0.143. The number of ether oxygens (including phenoxy) is 1. The number of likely N-dealkylation sites (tertiary alicyclic amines) is 1. The van der Waals surface area contributed by atoms with Crippen LogP contribution in [0.15, 0.2) is 42.5 Å². The third-order valence-corrected chi connectivity index (χ3v) is 7.88. The van der Waals surface area contributed by atoms with Crippen LogP contribution in [0.25, 0.3) is 10.9 Å². The van der Waals surface area contributed by atoms with E-state index in [1.165, 1.54) is 33.3 Å². The number of piperidine rings is 1. The average molecular weight is 374 g/mol. The molecule has 2 heterocycles. The summed E-state index contributed by atoms with van der Waals surface area (Å²) in [6.45, 7) is 1.01. The van der Waals surface area contributed by atoms with E-state index in [1.807, 2.05) is 0 Å². The predicted molar refractivity (Wildman–Crippen MR) is 110 cm³/mol. The Kier molecular flexibility index (Phi) is 3.21. The molecule has 3 atom stereocenters. The van der Waals surface area contributed by atoms with E-state index in [0.29, 0.717) is 6.42 Å². The molecule has 3 aliphatic rings. The van der Waals surface area contributed by atoms with Crippen molar-refractivity contribution in [1.82, 2.24) is 9.88 Å². The van der Waals surface area contributed by atoms with Crippen molar-refractivity contribution < 1.29 is 9.84 Å². The first-order valence-electron chi connectivity index (χ1n) is 10.2. The number of likely N-dealkylation sites (N-methyl/N-ethyl adjacent to an activating group) is 1. The second kappa shape index (κ2) is 5.40. The molecule has 3 aromatic rings. The summed E-state index contributed by atoms with van der Waals surface area (Å²) in [6, 6.07) is 15.1. The van der Waals surface area contributed by atoms with Crippen molar-refractivity contribution in [3.05, 3.63) is 64.8 Å². The fourth-order valence-corrected chi connectivity index (χ4v) is 6.43. The van der Waals surface area contributed by atoms with Crippen LogP contribution in [-0.2, 0) is 24.7 Å². The van der Waals surface area contributed by atoms with Gasteiger partial charge in [-0.3, -0.25) is 0 Å². The number of nitrogens with zero attached hydrogens (tertiary/aromatic N) is 1. The highest BCUT2D eigenvalue weighted by molar-refractivity contribution is 5.85. The maximum atomic E-state index is 12.4. The lowest BCUT2D eigenvalue weighted by atomic mass is 9.49. The lowest BCUT2D eigenvalue weighted by Gasteiger charge is -2.63. The summed E-state index contributed by atoms with van der Waals surface area (Å²) in [4.78, 5) is 6.06. The number of aliphatic hydroxyl groups is 1. The Morgan fingerprint density at radius 1 is 1.18 bits per heavy atom. The molecule has 144 valence electrons. The summed E-state index contributed by atoms with van der Waals surface area (Å²) in [5.41, 5.74) is 5.41. The number of methoxy groups -OCH3 is 1. The van der Waals surface area contributed by atoms with Crippen molar-refractivity contribution in [2.24, 2.45) is 0 Å². The van der Waals surface area contributed by atoms with E-state index >= 15 is 0 Å². The SMILES string of the molecule is COc1ccc2c(c1)[C@]13CCN(C)[C@H](C2)[C@]1(O)Cc1c([nH]c2ccccc12)C3. The Balaban J connectivity index is 1.63. The van der Waals surface area contributed by atoms with Crippen LogP contribution in [0.2, 0.25) is 0 Å². The summed E-state index contributed by atoms with van der Waals surface area (Å²) >= 11 is 0. The standard InChI is InChI=1S/C24H26N2O2/c1-26-10-9-23-14-21-18(17-5-3-4-6-20(17)25-21)13-24(23,27)22(26)11-15-7-8-16(28-2)12-19(15)23/h3-8,12,22,25,27H,9-11,13-14H2,1-2H3/t22-,23-,24-/m1/s1. The van der Waals surface area contributed by atoms with Gasteiger partial charge in [-0.15, -0.1) is 0 Å². The molecule has 2 aromatic carbocycles. The predicted octanol–water partition coefficient (Wildman–Crippen LogP) is 3.20. The number of aromatic amines is 1. The highest BCUT2D eigenvalue weighted by Gasteiger charge is 2.64. The van der Waals surface area contributed by atoms with E-state index in [9.17, 15) is 5.11 Å². The maximum Gasteiger partial charge on any atom is 0.119 e. The zero-order valence-electron chi connectivity index (χ0n) is 16.5. The van der Waals surface area contributed by atoms with Crippen molar-refractivity contribution in [2.45, 2.75) is 42.7 Å². The molecule has 0 saturated carbocycles. The molecule has 1 aliphatic heterocycles. The first kappa shape index (κ1) is 16.6. The van der Waals surface area contributed by atoms with Crippen LogP contribution in [0, 0.1) is 0 Å². The molecule has 1 aromatic heterocycles. The minimum Gasteiger partial charge on any atom is -0.497 e. The Bertz CT molecular complexity index is 1100. The third kappa shape index (κ3) is 1.88. The number of hydrogen-bond donors (Lipinski definition) is 2. The van der Waals surface area contributed by atoms with Gasteiger partial charge in [0, 0.05) is 40.9 Å². The van der Waals surface area contributed by atoms with E-state index in [-0.39, 0.29) is 11.5 Å². The van der Waals surface area contributed by atoms with Gasteiger partial charge in [-0.05, 0) is 61.3 Å². The number of para-hydroxylation sites is 1. The molecule has 0 spiro atoms. The van der Waals surface area contributed by atoms with Gasteiger partial charge in [-0.25, -0.2) is 0 Å². The Morgan fingerprint density at radius 2 is 2.04 bits per heavy atom. The molecule has 2 N–H and O–H groups in total. The molecule has 0 amide bonds. The lowest BCUT2D eigenvalue weighted by molar-refractivity contribution is -0.144. The molecule has 4 nitrogen and oxygen atoms in total. The van der Waals surface area contributed by atoms with Crippen LogP contribution in [0.1, 0.15) is 28.8 Å². The summed E-state index contributed by atoms with van der Waals surface area (Å²) in [5, 5.41) is 13.6. The highest BCUT2D eigenvalue weighted by Crippen LogP contribution is 2.57. The number of H-pyrrole nitrogens is 1. The van der Waals surface area contributed by atoms with Crippen molar-refractivity contribution in [3.63, 3.8) is 0 Å². The molecule has 6 rings (SSSR count). The number of fused-ring (bicyclic) bond motifs is 4. The molecule has 1 saturated heterocycles. The first-order valence-corrected chi connectivity index (χ1v) is 10.2. The summed E-state index contributed by atoms with van der Waals surface area (Å²) in [7, 11) is 3.90. The number of nitrogens with one attached hydrogen (secondary N) is 1. The fraction of sp³-hybridized carbons (Fsp3) is 0.417. The van der Waals surface area contributed by atoms with Crippen LogP contribution >= 0.6 is 0 Å². The van der Waals surface area contributed by atoms with Crippen LogP contribution < -0.4 is 4.74 Å². The quantitative estimate of drug-likeness (QED) is 0.688. The van der Waals surface area contributed by atoms with Gasteiger partial charge in [-0.2, -0.15) is 0 Å². The summed E-state index contributed by atoms with van der Waals surface area (Å²) < 4.78 is 5.57. The van der Waals surface area contributed by atoms with Crippen LogP contribution in [0.5, 0.6) is 5.75 Å². The molecule has 0 radical (unpaired) electrons. The molecule has 0 unspecified atom stereocenters. The third-order valence-electron chi connectivity index (χ3n) is 7.88. The van der Waals surface area contributed by atoms with Crippen LogP contribution in [0.4, 0.5) is 0 Å². The van der Waals surface area contributed by atoms with Crippen molar-refractivity contribution in [1.29, 1.82) is 0 Å². The second-order valence-electron chi connectivity index (χ2n) is 8.96. The maximum absolute atomic E-state index is 12.4. The van der Waals surface area contributed by atoms with Gasteiger partial charge in [0.1, 0.15) is 5.75 Å². The monoisotopic (exact) mass is 374 g/mol. The summed E-state index contributed by atoms with van der Waals surface area (Å²) in [5.74, 6) is 0.885. The number of rotatable bonds is 1. The minimum atomic E-state index is -0.767. The average Bonchev–Trinajstić information content (AvgIpc) is 3.05. The van der Waals surface area contributed by atoms with Crippen molar-refractivity contribution in [3.8, 4) is 5.75 Å². The highest BCUT2D eigenvalue weighted by atomic mass is 16.5. The zero-order valence-corrected chi connectivity index (χ0v) is 16.5. The molecular weight excluding hydrogens is 348 g/mol. The van der Waals surface area contributed by atoms with Gasteiger partial charge in [-0.1, -0.05) is 24.3 Å². The van der Waals surface area contributed by atoms with Crippen LogP contribution in [0.3, 0.4) is 0 Å². The zero-order chi connectivity index (χ0) is 19.1. The molecular formula is C24H26N2O2. The Morgan fingerprint density at radius 3 is 2.89 bits per heavy atom. The van der Waals surface area contributed by atoms with E-state index < -0.39 is 5.60 Å². The van der Waals surface area contributed by atoms with Crippen LogP contribution in [-0.4, -0.2) is 47.3 Å². The van der Waals surface area contributed by atoms with Gasteiger partial charge in [0.05, 0.1) is 12.7 Å². The van der Waals surface area contributed by atoms with Gasteiger partial charge in [0.2, 0.25) is 0 Å². The molecule has 2 aliphatic carbocycles. The number of aromatic nitrogens is 1. The van der Waals surface area contributed by atoms with E-state index in [1.54, 1.807) is 7.11 Å². The summed E-state index contributed by atoms with van der Waals surface area (Å²) in [6.07, 6.45) is 3.42. The smallest absolute Gasteiger partial charge is 0.119 e. The lowest BCUT2D eigenvalue weighted by Crippen LogP contribution is -2.73. The largest absolute Gasteiger partial charge is 0.497 e. The molecule has 28 heavy (non-hydrogen) atoms. The molecule has 4 heteroatoms. The topological polar surface area (TPSA) is 48.5 Å².